The summed E-state index contributed by atoms with van der Waals surface area (Å²) >= 11 is 1.64. The molecule has 5 nitrogen and oxygen atoms in total. The first-order valence-corrected chi connectivity index (χ1v) is 7.80. The first-order chi connectivity index (χ1) is 9.69. The van der Waals surface area contributed by atoms with Gasteiger partial charge in [0.25, 0.3) is 0 Å². The Labute approximate surface area is 123 Å². The Morgan fingerprint density at radius 3 is 2.75 bits per heavy atom. The number of hydrogen-bond donors (Lipinski definition) is 2. The zero-order valence-corrected chi connectivity index (χ0v) is 12.5. The molecule has 2 rings (SSSR count). The normalized spacial score (nSPS) is 16.9. The number of hydrogen-bond acceptors (Lipinski definition) is 4. The molecule has 1 aromatic heterocycles. The van der Waals surface area contributed by atoms with Crippen LogP contribution in [0.1, 0.15) is 17.7 Å². The second-order valence-electron chi connectivity index (χ2n) is 5.02. The van der Waals surface area contributed by atoms with Crippen LogP contribution < -0.4 is 10.6 Å². The molecule has 1 aliphatic heterocycles. The van der Waals surface area contributed by atoms with Crippen molar-refractivity contribution in [2.75, 3.05) is 26.7 Å². The quantitative estimate of drug-likeness (QED) is 0.845. The molecular formula is C14H21N3O2S. The summed E-state index contributed by atoms with van der Waals surface area (Å²) in [5, 5.41) is 7.62. The number of rotatable bonds is 5. The van der Waals surface area contributed by atoms with Crippen LogP contribution in [-0.2, 0) is 16.1 Å². The molecule has 1 saturated heterocycles. The second-order valence-corrected chi connectivity index (χ2v) is 6.05. The number of piperidine rings is 1. The van der Waals surface area contributed by atoms with Gasteiger partial charge in [-0.05, 0) is 37.4 Å². The number of likely N-dealkylation sites (tertiary alicyclic amines) is 1. The molecule has 0 aliphatic carbocycles. The van der Waals surface area contributed by atoms with Crippen LogP contribution in [0.2, 0.25) is 0 Å². The molecule has 20 heavy (non-hydrogen) atoms. The van der Waals surface area contributed by atoms with E-state index in [1.54, 1.807) is 18.4 Å². The highest BCUT2D eigenvalue weighted by molar-refractivity contribution is 7.09. The van der Waals surface area contributed by atoms with Crippen molar-refractivity contribution >= 4 is 23.2 Å². The Hall–Kier alpha value is -1.40. The van der Waals surface area contributed by atoms with Crippen molar-refractivity contribution < 1.29 is 9.59 Å². The van der Waals surface area contributed by atoms with E-state index in [9.17, 15) is 9.59 Å². The van der Waals surface area contributed by atoms with Gasteiger partial charge in [-0.2, -0.15) is 0 Å². The van der Waals surface area contributed by atoms with Crippen molar-refractivity contribution in [3.05, 3.63) is 22.4 Å². The van der Waals surface area contributed by atoms with Crippen LogP contribution in [0.3, 0.4) is 0 Å². The summed E-state index contributed by atoms with van der Waals surface area (Å²) in [7, 11) is 1.67. The Bertz CT molecular complexity index is 439. The van der Waals surface area contributed by atoms with Gasteiger partial charge in [-0.3, -0.25) is 14.5 Å². The summed E-state index contributed by atoms with van der Waals surface area (Å²) in [6.07, 6.45) is 1.66. The minimum atomic E-state index is 0.0526. The van der Waals surface area contributed by atoms with Gasteiger partial charge in [0.15, 0.2) is 0 Å². The molecule has 1 aliphatic rings. The molecular weight excluding hydrogens is 274 g/mol. The lowest BCUT2D eigenvalue weighted by Crippen LogP contribution is -2.43. The average molecular weight is 295 g/mol. The van der Waals surface area contributed by atoms with E-state index in [0.29, 0.717) is 13.1 Å². The molecule has 0 aromatic carbocycles. The third-order valence-corrected chi connectivity index (χ3v) is 4.49. The van der Waals surface area contributed by atoms with E-state index in [2.05, 4.69) is 15.5 Å². The molecule has 1 fully saturated rings. The lowest BCUT2D eigenvalue weighted by Gasteiger charge is -2.30. The van der Waals surface area contributed by atoms with Crippen LogP contribution in [0.25, 0.3) is 0 Å². The van der Waals surface area contributed by atoms with E-state index in [1.807, 2.05) is 17.5 Å². The fourth-order valence-electron chi connectivity index (χ4n) is 2.42. The zero-order chi connectivity index (χ0) is 14.4. The highest BCUT2D eigenvalue weighted by atomic mass is 32.1. The first kappa shape index (κ1) is 15.0. The topological polar surface area (TPSA) is 61.4 Å². The SMILES string of the molecule is CNC(=O)C1CCN(CC(=O)NCc2cccs2)CC1. The van der Waals surface area contributed by atoms with Crippen LogP contribution in [0.15, 0.2) is 17.5 Å². The number of thiophene rings is 1. The van der Waals surface area contributed by atoms with E-state index in [1.165, 1.54) is 0 Å². The van der Waals surface area contributed by atoms with Crippen molar-refractivity contribution in [1.82, 2.24) is 15.5 Å². The molecule has 110 valence electrons. The van der Waals surface area contributed by atoms with Crippen LogP contribution in [0, 0.1) is 5.92 Å². The fourth-order valence-corrected chi connectivity index (χ4v) is 3.06. The van der Waals surface area contributed by atoms with Gasteiger partial charge in [0, 0.05) is 17.8 Å². The van der Waals surface area contributed by atoms with Gasteiger partial charge in [0.2, 0.25) is 11.8 Å². The molecule has 2 N–H and O–H groups in total. The average Bonchev–Trinajstić information content (AvgIpc) is 2.98. The van der Waals surface area contributed by atoms with E-state index >= 15 is 0 Å². The smallest absolute Gasteiger partial charge is 0.234 e. The van der Waals surface area contributed by atoms with Gasteiger partial charge in [0.1, 0.15) is 0 Å². The summed E-state index contributed by atoms with van der Waals surface area (Å²) < 4.78 is 0. The van der Waals surface area contributed by atoms with Crippen molar-refractivity contribution in [1.29, 1.82) is 0 Å². The molecule has 1 aromatic rings. The van der Waals surface area contributed by atoms with Crippen LogP contribution in [0.4, 0.5) is 0 Å². The summed E-state index contributed by atoms with van der Waals surface area (Å²) in [5.74, 6) is 0.272. The summed E-state index contributed by atoms with van der Waals surface area (Å²) in [6, 6.07) is 4.00. The van der Waals surface area contributed by atoms with Crippen LogP contribution in [0.5, 0.6) is 0 Å². The number of nitrogens with one attached hydrogen (secondary N) is 2. The molecule has 2 amide bonds. The third-order valence-electron chi connectivity index (χ3n) is 3.61. The standard InChI is InChI=1S/C14H21N3O2S/c1-15-14(19)11-4-6-17(7-5-11)10-13(18)16-9-12-3-2-8-20-12/h2-3,8,11H,4-7,9-10H2,1H3,(H,15,19)(H,16,18). The Kier molecular flexibility index (Phi) is 5.55. The van der Waals surface area contributed by atoms with Crippen molar-refractivity contribution in [3.63, 3.8) is 0 Å². The Morgan fingerprint density at radius 1 is 1.40 bits per heavy atom. The lowest BCUT2D eigenvalue weighted by molar-refractivity contribution is -0.126. The van der Waals surface area contributed by atoms with Crippen molar-refractivity contribution in [3.8, 4) is 0 Å². The maximum absolute atomic E-state index is 11.9. The summed E-state index contributed by atoms with van der Waals surface area (Å²) in [4.78, 5) is 26.7. The zero-order valence-electron chi connectivity index (χ0n) is 11.7. The van der Waals surface area contributed by atoms with Gasteiger partial charge < -0.3 is 10.6 Å². The van der Waals surface area contributed by atoms with E-state index < -0.39 is 0 Å². The van der Waals surface area contributed by atoms with Crippen molar-refractivity contribution in [2.45, 2.75) is 19.4 Å². The van der Waals surface area contributed by atoms with Gasteiger partial charge in [-0.15, -0.1) is 11.3 Å². The van der Waals surface area contributed by atoms with Gasteiger partial charge in [0.05, 0.1) is 13.1 Å². The number of amides is 2. The minimum Gasteiger partial charge on any atom is -0.359 e. The highest BCUT2D eigenvalue weighted by Crippen LogP contribution is 2.16. The van der Waals surface area contributed by atoms with Gasteiger partial charge in [-0.25, -0.2) is 0 Å². The maximum atomic E-state index is 11.9. The first-order valence-electron chi connectivity index (χ1n) is 6.92. The third kappa shape index (κ3) is 4.31. The molecule has 0 unspecified atom stereocenters. The molecule has 0 radical (unpaired) electrons. The molecule has 0 saturated carbocycles. The monoisotopic (exact) mass is 295 g/mol. The molecule has 0 spiro atoms. The number of carbonyl (C=O) groups is 2. The fraction of sp³-hybridized carbons (Fsp3) is 0.571. The largest absolute Gasteiger partial charge is 0.359 e. The summed E-state index contributed by atoms with van der Waals surface area (Å²) in [6.45, 7) is 2.64. The van der Waals surface area contributed by atoms with E-state index in [-0.39, 0.29) is 17.7 Å². The number of nitrogens with zero attached hydrogens (tertiary/aromatic N) is 1. The number of carbonyl (C=O) groups excluding carboxylic acids is 2. The lowest BCUT2D eigenvalue weighted by atomic mass is 9.96. The predicted molar refractivity (Wildman–Crippen MR) is 79.4 cm³/mol. The van der Waals surface area contributed by atoms with Crippen molar-refractivity contribution in [2.24, 2.45) is 5.92 Å². The maximum Gasteiger partial charge on any atom is 0.234 e. The molecule has 0 atom stereocenters. The van der Waals surface area contributed by atoms with Crippen LogP contribution in [-0.4, -0.2) is 43.4 Å². The van der Waals surface area contributed by atoms with Gasteiger partial charge >= 0.3 is 0 Å². The minimum absolute atomic E-state index is 0.0526. The highest BCUT2D eigenvalue weighted by Gasteiger charge is 2.24. The molecule has 6 heteroatoms. The Balaban J connectivity index is 1.67. The molecule has 2 heterocycles. The second kappa shape index (κ2) is 7.40. The molecule has 0 bridgehead atoms. The summed E-state index contributed by atoms with van der Waals surface area (Å²) in [5.41, 5.74) is 0. The van der Waals surface area contributed by atoms with Crippen LogP contribution >= 0.6 is 11.3 Å². The Morgan fingerprint density at radius 2 is 2.15 bits per heavy atom. The van der Waals surface area contributed by atoms with Gasteiger partial charge in [-0.1, -0.05) is 6.07 Å². The van der Waals surface area contributed by atoms with E-state index in [0.717, 1.165) is 30.8 Å². The predicted octanol–water partition coefficient (Wildman–Crippen LogP) is 0.822. The van der Waals surface area contributed by atoms with E-state index in [4.69, 9.17) is 0 Å².